The highest BCUT2D eigenvalue weighted by molar-refractivity contribution is 5.69. The number of unbranched alkanes of at least 4 members (excludes halogenated alkanes) is 32. The molecule has 14 nitrogen and oxygen atoms in total. The van der Waals surface area contributed by atoms with Gasteiger partial charge in [0.15, 0.2) is 12.6 Å². The number of carbonyl (C=O) groups excluding carboxylic acids is 1. The van der Waals surface area contributed by atoms with Crippen molar-refractivity contribution < 1.29 is 69.0 Å². The molecule has 2 aliphatic heterocycles. The first-order chi connectivity index (χ1) is 36.1. The van der Waals surface area contributed by atoms with Gasteiger partial charge in [-0.1, -0.05) is 224 Å². The Kier molecular flexibility index (Phi) is 44.0. The Hall–Kier alpha value is -1.53. The molecule has 0 aromatic rings. The first kappa shape index (κ1) is 68.6. The first-order valence-electron chi connectivity index (χ1n) is 30.4. The van der Waals surface area contributed by atoms with E-state index in [9.17, 15) is 40.5 Å². The Balaban J connectivity index is 1.68. The minimum atomic E-state index is -1.71. The molecule has 2 rings (SSSR count). The Morgan fingerprint density at radius 3 is 1.32 bits per heavy atom. The van der Waals surface area contributed by atoms with Crippen LogP contribution in [-0.4, -0.2) is 142 Å². The van der Waals surface area contributed by atoms with Crippen LogP contribution < -0.4 is 0 Å². The fourth-order valence-corrected chi connectivity index (χ4v) is 9.79. The Bertz CT molecular complexity index is 1320. The molecule has 0 aromatic heterocycles. The van der Waals surface area contributed by atoms with Crippen LogP contribution in [0.3, 0.4) is 0 Å². The van der Waals surface area contributed by atoms with Crippen molar-refractivity contribution in [2.75, 3.05) is 33.0 Å². The molecule has 11 atom stereocenters. The minimum absolute atomic E-state index is 0.0586. The number of ether oxygens (including phenoxy) is 6. The topological polar surface area (TPSA) is 214 Å². The summed E-state index contributed by atoms with van der Waals surface area (Å²) in [4.78, 5) is 13.1. The van der Waals surface area contributed by atoms with Gasteiger partial charge in [-0.15, -0.1) is 0 Å². The third-order valence-electron chi connectivity index (χ3n) is 14.7. The molecule has 2 aliphatic rings. The lowest BCUT2D eigenvalue weighted by molar-refractivity contribution is -0.332. The van der Waals surface area contributed by atoms with Crippen LogP contribution in [0.25, 0.3) is 0 Å². The van der Waals surface area contributed by atoms with E-state index >= 15 is 0 Å². The molecule has 0 saturated carbocycles. The maximum atomic E-state index is 13.1. The predicted octanol–water partition coefficient (Wildman–Crippen LogP) is 11.1. The minimum Gasteiger partial charge on any atom is -0.457 e. The number of rotatable bonds is 50. The van der Waals surface area contributed by atoms with Crippen molar-refractivity contribution in [1.82, 2.24) is 0 Å². The van der Waals surface area contributed by atoms with Gasteiger partial charge in [-0.3, -0.25) is 4.79 Å². The molecular formula is C60H112O14. The summed E-state index contributed by atoms with van der Waals surface area (Å²) in [5, 5.41) is 72.4. The molecule has 2 heterocycles. The highest BCUT2D eigenvalue weighted by Crippen LogP contribution is 2.27. The van der Waals surface area contributed by atoms with Gasteiger partial charge in [-0.05, 0) is 44.9 Å². The molecule has 0 radical (unpaired) electrons. The van der Waals surface area contributed by atoms with E-state index in [1.807, 2.05) is 0 Å². The van der Waals surface area contributed by atoms with Crippen LogP contribution in [0.15, 0.2) is 24.3 Å². The van der Waals surface area contributed by atoms with Crippen LogP contribution in [0, 0.1) is 0 Å². The van der Waals surface area contributed by atoms with Gasteiger partial charge in [0.05, 0.1) is 26.4 Å². The lowest BCUT2D eigenvalue weighted by Crippen LogP contribution is -2.61. The molecule has 0 bridgehead atoms. The summed E-state index contributed by atoms with van der Waals surface area (Å²) in [6.45, 7) is 3.69. The van der Waals surface area contributed by atoms with E-state index in [4.69, 9.17) is 28.4 Å². The summed E-state index contributed by atoms with van der Waals surface area (Å²) >= 11 is 0. The Labute approximate surface area is 449 Å². The van der Waals surface area contributed by atoms with Gasteiger partial charge >= 0.3 is 5.97 Å². The molecule has 0 amide bonds. The predicted molar refractivity (Wildman–Crippen MR) is 294 cm³/mol. The van der Waals surface area contributed by atoms with Gasteiger partial charge in [-0.25, -0.2) is 0 Å². The molecule has 74 heavy (non-hydrogen) atoms. The number of esters is 1. The third kappa shape index (κ3) is 33.7. The van der Waals surface area contributed by atoms with Crippen LogP contribution in [0.5, 0.6) is 0 Å². The number of aliphatic hydroxyl groups excluding tert-OH is 7. The number of aliphatic hydroxyl groups is 7. The SMILES string of the molecule is CCCCC/C=C\C/C=C\CCCCCCCCOCC(COC1OC(COC2OC(CO)C(O)C(O)C2O)C(O)C(O)C1O)OC(=O)CCCCCCCCCCCCCCCCCCCCCCCCCC. The summed E-state index contributed by atoms with van der Waals surface area (Å²) in [7, 11) is 0. The van der Waals surface area contributed by atoms with Crippen LogP contribution in [0.2, 0.25) is 0 Å². The van der Waals surface area contributed by atoms with E-state index in [2.05, 4.69) is 38.2 Å². The maximum absolute atomic E-state index is 13.1. The second kappa shape index (κ2) is 47.5. The van der Waals surface area contributed by atoms with E-state index in [1.54, 1.807) is 0 Å². The van der Waals surface area contributed by atoms with Crippen molar-refractivity contribution in [2.45, 2.75) is 319 Å². The van der Waals surface area contributed by atoms with Gasteiger partial charge in [0.1, 0.15) is 54.9 Å². The van der Waals surface area contributed by atoms with Gasteiger partial charge < -0.3 is 64.2 Å². The molecule has 7 N–H and O–H groups in total. The fourth-order valence-electron chi connectivity index (χ4n) is 9.79. The van der Waals surface area contributed by atoms with Crippen LogP contribution in [0.4, 0.5) is 0 Å². The quantitative estimate of drug-likeness (QED) is 0.0172. The molecule has 2 saturated heterocycles. The van der Waals surface area contributed by atoms with E-state index < -0.39 is 80.7 Å². The molecule has 0 aliphatic carbocycles. The molecule has 0 aromatic carbocycles. The normalized spacial score (nSPS) is 24.9. The Morgan fingerprint density at radius 1 is 0.446 bits per heavy atom. The highest BCUT2D eigenvalue weighted by atomic mass is 16.7. The van der Waals surface area contributed by atoms with E-state index in [1.165, 1.54) is 167 Å². The van der Waals surface area contributed by atoms with Crippen molar-refractivity contribution in [3.63, 3.8) is 0 Å². The smallest absolute Gasteiger partial charge is 0.306 e. The van der Waals surface area contributed by atoms with Crippen molar-refractivity contribution >= 4 is 5.97 Å². The number of carbonyl (C=O) groups is 1. The highest BCUT2D eigenvalue weighted by Gasteiger charge is 2.47. The second-order valence-electron chi connectivity index (χ2n) is 21.5. The monoisotopic (exact) mass is 1060 g/mol. The standard InChI is InChI=1S/C60H112O14/c1-3-5-7-9-11-13-15-17-19-21-22-23-24-25-26-27-28-29-31-33-35-37-39-41-43-52(62)72-49(46-69-44-42-40-38-36-34-32-30-20-18-16-14-12-10-8-6-4-2)47-70-59-58(68)56(66)54(64)51(74-59)48-71-60-57(67)55(65)53(63)50(45-61)73-60/h12,14,18,20,49-51,53-61,63-68H,3-11,13,15-17,19,21-48H2,1-2H3/b14-12-,20-18-. The van der Waals surface area contributed by atoms with Gasteiger partial charge in [0, 0.05) is 13.0 Å². The zero-order valence-corrected chi connectivity index (χ0v) is 46.8. The summed E-state index contributed by atoms with van der Waals surface area (Å²) in [6, 6.07) is 0. The van der Waals surface area contributed by atoms with Crippen molar-refractivity contribution in [3.05, 3.63) is 24.3 Å². The molecule has 436 valence electrons. The fraction of sp³-hybridized carbons (Fsp3) is 0.917. The molecule has 2 fully saturated rings. The summed E-state index contributed by atoms with van der Waals surface area (Å²) in [5.41, 5.74) is 0. The number of allylic oxidation sites excluding steroid dienone is 4. The maximum Gasteiger partial charge on any atom is 0.306 e. The van der Waals surface area contributed by atoms with Crippen molar-refractivity contribution in [3.8, 4) is 0 Å². The first-order valence-corrected chi connectivity index (χ1v) is 30.4. The van der Waals surface area contributed by atoms with Crippen LogP contribution in [0.1, 0.15) is 251 Å². The van der Waals surface area contributed by atoms with Gasteiger partial charge in [-0.2, -0.15) is 0 Å². The largest absolute Gasteiger partial charge is 0.457 e. The summed E-state index contributed by atoms with van der Waals surface area (Å²) in [6.07, 6.45) is 38.2. The number of hydrogen-bond donors (Lipinski definition) is 7. The molecule has 14 heteroatoms. The Morgan fingerprint density at radius 2 is 0.838 bits per heavy atom. The van der Waals surface area contributed by atoms with Gasteiger partial charge in [0.25, 0.3) is 0 Å². The van der Waals surface area contributed by atoms with Gasteiger partial charge in [0.2, 0.25) is 0 Å². The van der Waals surface area contributed by atoms with Crippen molar-refractivity contribution in [2.24, 2.45) is 0 Å². The van der Waals surface area contributed by atoms with Crippen molar-refractivity contribution in [1.29, 1.82) is 0 Å². The third-order valence-corrected chi connectivity index (χ3v) is 14.7. The lowest BCUT2D eigenvalue weighted by atomic mass is 9.98. The van der Waals surface area contributed by atoms with Crippen LogP contribution in [-0.2, 0) is 33.2 Å². The average Bonchev–Trinajstić information content (AvgIpc) is 3.40. The molecule has 11 unspecified atom stereocenters. The summed E-state index contributed by atoms with van der Waals surface area (Å²) in [5.74, 6) is -0.374. The van der Waals surface area contributed by atoms with Crippen LogP contribution >= 0.6 is 0 Å². The molecule has 0 spiro atoms. The number of hydrogen-bond acceptors (Lipinski definition) is 14. The average molecular weight is 1060 g/mol. The van der Waals surface area contributed by atoms with E-state index in [0.717, 1.165) is 57.8 Å². The summed E-state index contributed by atoms with van der Waals surface area (Å²) < 4.78 is 34.4. The zero-order valence-electron chi connectivity index (χ0n) is 46.8. The molecular weight excluding hydrogens is 945 g/mol. The zero-order chi connectivity index (χ0) is 53.7. The lowest BCUT2D eigenvalue weighted by Gasteiger charge is -2.42. The van der Waals surface area contributed by atoms with E-state index in [0.29, 0.717) is 13.0 Å². The van der Waals surface area contributed by atoms with E-state index in [-0.39, 0.29) is 25.6 Å². The second-order valence-corrected chi connectivity index (χ2v) is 21.5.